The highest BCUT2D eigenvalue weighted by molar-refractivity contribution is 6.09. The van der Waals surface area contributed by atoms with Crippen molar-refractivity contribution in [3.63, 3.8) is 0 Å². The molecule has 0 heterocycles. The van der Waals surface area contributed by atoms with Crippen molar-refractivity contribution in [2.45, 2.75) is 6.18 Å². The zero-order chi connectivity index (χ0) is 15.8. The maximum Gasteiger partial charge on any atom is 0.419 e. The number of carbonyl (C=O) groups is 1. The van der Waals surface area contributed by atoms with Gasteiger partial charge in [0.25, 0.3) is 0 Å². The van der Waals surface area contributed by atoms with Crippen LogP contribution in [0.1, 0.15) is 21.5 Å². The Kier molecular flexibility index (Phi) is 3.76. The molecule has 0 aliphatic rings. The van der Waals surface area contributed by atoms with Crippen molar-refractivity contribution in [1.29, 1.82) is 0 Å². The molecule has 110 valence electrons. The SMILES string of the molecule is O=C(c1ccc(F)c(C(F)(F)F)c1)c1cccc(F)c1F. The third-order valence-corrected chi connectivity index (χ3v) is 2.73. The lowest BCUT2D eigenvalue weighted by Gasteiger charge is -2.10. The van der Waals surface area contributed by atoms with Crippen LogP contribution >= 0.6 is 0 Å². The van der Waals surface area contributed by atoms with E-state index in [4.69, 9.17) is 0 Å². The average Bonchev–Trinajstić information content (AvgIpc) is 2.40. The van der Waals surface area contributed by atoms with Gasteiger partial charge < -0.3 is 0 Å². The minimum atomic E-state index is -5.00. The van der Waals surface area contributed by atoms with Crippen LogP contribution in [0.3, 0.4) is 0 Å². The van der Waals surface area contributed by atoms with Gasteiger partial charge in [0, 0.05) is 5.56 Å². The van der Waals surface area contributed by atoms with E-state index in [0.29, 0.717) is 6.07 Å². The average molecular weight is 304 g/mol. The second-order valence-electron chi connectivity index (χ2n) is 4.12. The smallest absolute Gasteiger partial charge is 0.288 e. The molecule has 0 radical (unpaired) electrons. The molecule has 0 N–H and O–H groups in total. The predicted molar refractivity (Wildman–Crippen MR) is 61.2 cm³/mol. The molecular formula is C14H6F6O. The highest BCUT2D eigenvalue weighted by Crippen LogP contribution is 2.32. The minimum Gasteiger partial charge on any atom is -0.288 e. The van der Waals surface area contributed by atoms with Crippen molar-refractivity contribution < 1.29 is 31.1 Å². The standard InChI is InChI=1S/C14H6F6O/c15-10-5-4-7(6-9(10)14(18,19)20)13(21)8-2-1-3-11(16)12(8)17/h1-6H. The maximum atomic E-state index is 13.5. The van der Waals surface area contributed by atoms with Crippen molar-refractivity contribution in [2.24, 2.45) is 0 Å². The van der Waals surface area contributed by atoms with Gasteiger partial charge in [-0.15, -0.1) is 0 Å². The molecule has 0 fully saturated rings. The van der Waals surface area contributed by atoms with E-state index in [9.17, 15) is 31.1 Å². The molecule has 0 atom stereocenters. The quantitative estimate of drug-likeness (QED) is 0.595. The van der Waals surface area contributed by atoms with E-state index in [1.165, 1.54) is 0 Å². The van der Waals surface area contributed by atoms with Gasteiger partial charge in [-0.3, -0.25) is 4.79 Å². The first-order chi connectivity index (χ1) is 9.71. The van der Waals surface area contributed by atoms with Crippen LogP contribution in [0.2, 0.25) is 0 Å². The lowest BCUT2D eigenvalue weighted by molar-refractivity contribution is -0.140. The largest absolute Gasteiger partial charge is 0.419 e. The van der Waals surface area contributed by atoms with Crippen LogP contribution in [-0.4, -0.2) is 5.78 Å². The summed E-state index contributed by atoms with van der Waals surface area (Å²) in [4.78, 5) is 11.9. The van der Waals surface area contributed by atoms with Crippen LogP contribution in [0.5, 0.6) is 0 Å². The summed E-state index contributed by atoms with van der Waals surface area (Å²) in [5.41, 5.74) is -2.96. The van der Waals surface area contributed by atoms with Gasteiger partial charge in [-0.05, 0) is 30.3 Å². The number of rotatable bonds is 2. The van der Waals surface area contributed by atoms with Crippen molar-refractivity contribution in [3.8, 4) is 0 Å². The Labute approximate surface area is 114 Å². The van der Waals surface area contributed by atoms with E-state index >= 15 is 0 Å². The number of alkyl halides is 3. The zero-order valence-electron chi connectivity index (χ0n) is 10.1. The number of ketones is 1. The fourth-order valence-electron chi connectivity index (χ4n) is 1.72. The Morgan fingerprint density at radius 3 is 2.19 bits per heavy atom. The van der Waals surface area contributed by atoms with Crippen LogP contribution in [0.25, 0.3) is 0 Å². The van der Waals surface area contributed by atoms with Crippen LogP contribution in [0.4, 0.5) is 26.3 Å². The first-order valence-electron chi connectivity index (χ1n) is 5.57. The first kappa shape index (κ1) is 15.1. The normalized spacial score (nSPS) is 11.5. The van der Waals surface area contributed by atoms with Gasteiger partial charge in [-0.1, -0.05) is 6.07 Å². The van der Waals surface area contributed by atoms with Crippen molar-refractivity contribution in [2.75, 3.05) is 0 Å². The van der Waals surface area contributed by atoms with Crippen molar-refractivity contribution in [3.05, 3.63) is 70.5 Å². The lowest BCUT2D eigenvalue weighted by Crippen LogP contribution is -2.12. The molecule has 1 nitrogen and oxygen atoms in total. The molecule has 0 spiro atoms. The molecule has 7 heteroatoms. The number of carbonyl (C=O) groups excluding carboxylic acids is 1. The second-order valence-corrected chi connectivity index (χ2v) is 4.12. The monoisotopic (exact) mass is 304 g/mol. The summed E-state index contributed by atoms with van der Waals surface area (Å²) in [6.07, 6.45) is -5.00. The topological polar surface area (TPSA) is 17.1 Å². The number of benzene rings is 2. The Balaban J connectivity index is 2.52. The summed E-state index contributed by atoms with van der Waals surface area (Å²) in [7, 11) is 0. The molecule has 0 saturated carbocycles. The second kappa shape index (κ2) is 5.23. The van der Waals surface area contributed by atoms with E-state index < -0.39 is 46.1 Å². The zero-order valence-corrected chi connectivity index (χ0v) is 10.1. The molecule has 0 aliphatic carbocycles. The molecule has 0 unspecified atom stereocenters. The molecule has 0 saturated heterocycles. The number of hydrogen-bond donors (Lipinski definition) is 0. The van der Waals surface area contributed by atoms with Crippen molar-refractivity contribution in [1.82, 2.24) is 0 Å². The minimum absolute atomic E-state index is 0.266. The van der Waals surface area contributed by atoms with Gasteiger partial charge in [0.05, 0.1) is 11.1 Å². The Bertz CT molecular complexity index is 705. The summed E-state index contributed by atoms with van der Waals surface area (Å²) in [6.45, 7) is 0. The molecule has 0 aromatic heterocycles. The molecule has 2 rings (SSSR count). The molecule has 0 aliphatic heterocycles. The van der Waals surface area contributed by atoms with Gasteiger partial charge in [0.2, 0.25) is 0 Å². The molecule has 0 bridgehead atoms. The van der Waals surface area contributed by atoms with Crippen LogP contribution in [0.15, 0.2) is 36.4 Å². The number of halogens is 6. The van der Waals surface area contributed by atoms with E-state index in [1.807, 2.05) is 0 Å². The molecule has 2 aromatic rings. The highest BCUT2D eigenvalue weighted by Gasteiger charge is 2.35. The molecular weight excluding hydrogens is 298 g/mol. The molecule has 2 aromatic carbocycles. The highest BCUT2D eigenvalue weighted by atomic mass is 19.4. The Morgan fingerprint density at radius 1 is 0.905 bits per heavy atom. The van der Waals surface area contributed by atoms with Crippen LogP contribution in [-0.2, 0) is 6.18 Å². The Morgan fingerprint density at radius 2 is 1.57 bits per heavy atom. The van der Waals surface area contributed by atoms with Gasteiger partial charge in [0.15, 0.2) is 17.4 Å². The molecule has 21 heavy (non-hydrogen) atoms. The lowest BCUT2D eigenvalue weighted by atomic mass is 10.0. The van der Waals surface area contributed by atoms with Crippen LogP contribution < -0.4 is 0 Å². The summed E-state index contributed by atoms with van der Waals surface area (Å²) in [5.74, 6) is -5.50. The first-order valence-corrected chi connectivity index (χ1v) is 5.57. The predicted octanol–water partition coefficient (Wildman–Crippen LogP) is 4.35. The summed E-state index contributed by atoms with van der Waals surface area (Å²) in [6, 6.07) is 4.22. The summed E-state index contributed by atoms with van der Waals surface area (Å²) >= 11 is 0. The van der Waals surface area contributed by atoms with Gasteiger partial charge in [-0.2, -0.15) is 13.2 Å². The van der Waals surface area contributed by atoms with Gasteiger partial charge >= 0.3 is 6.18 Å². The van der Waals surface area contributed by atoms with E-state index in [0.717, 1.165) is 24.3 Å². The fraction of sp³-hybridized carbons (Fsp3) is 0.0714. The van der Waals surface area contributed by atoms with Crippen LogP contribution in [0, 0.1) is 17.5 Å². The third kappa shape index (κ3) is 2.91. The van der Waals surface area contributed by atoms with E-state index in [1.54, 1.807) is 0 Å². The maximum absolute atomic E-state index is 13.5. The van der Waals surface area contributed by atoms with Gasteiger partial charge in [0.1, 0.15) is 5.82 Å². The summed E-state index contributed by atoms with van der Waals surface area (Å²) in [5, 5.41) is 0. The number of hydrogen-bond acceptors (Lipinski definition) is 1. The fourth-order valence-corrected chi connectivity index (χ4v) is 1.72. The molecule has 0 amide bonds. The summed E-state index contributed by atoms with van der Waals surface area (Å²) < 4.78 is 77.2. The van der Waals surface area contributed by atoms with Crippen molar-refractivity contribution >= 4 is 5.78 Å². The third-order valence-electron chi connectivity index (χ3n) is 2.73. The van der Waals surface area contributed by atoms with E-state index in [2.05, 4.69) is 0 Å². The Hall–Kier alpha value is -2.31. The van der Waals surface area contributed by atoms with Gasteiger partial charge in [-0.25, -0.2) is 13.2 Å². The van der Waals surface area contributed by atoms with E-state index in [-0.39, 0.29) is 6.07 Å².